The molecule has 2 aromatic carbocycles. The molecule has 0 aliphatic carbocycles. The van der Waals surface area contributed by atoms with Gasteiger partial charge in [-0.1, -0.05) is 30.3 Å². The Hall–Kier alpha value is -4.24. The fraction of sp³-hybridized carbons (Fsp3) is 0.120. The van der Waals surface area contributed by atoms with Gasteiger partial charge in [0.2, 0.25) is 0 Å². The van der Waals surface area contributed by atoms with Crippen molar-refractivity contribution < 1.29 is 14.3 Å². The van der Waals surface area contributed by atoms with Crippen LogP contribution in [0.2, 0.25) is 0 Å². The first-order valence-electron chi connectivity index (χ1n) is 10.6. The molecule has 5 rings (SSSR count). The van der Waals surface area contributed by atoms with Crippen molar-refractivity contribution in [2.75, 3.05) is 11.9 Å². The quantitative estimate of drug-likeness (QED) is 0.362. The molecule has 0 bridgehead atoms. The normalized spacial score (nSPS) is 11.1. The number of anilines is 1. The van der Waals surface area contributed by atoms with Crippen LogP contribution in [0.4, 0.5) is 5.00 Å². The number of hydrogen-bond acceptors (Lipinski definition) is 6. The zero-order valence-electron chi connectivity index (χ0n) is 18.4. The largest absolute Gasteiger partial charge is 0.461 e. The van der Waals surface area contributed by atoms with Crippen molar-refractivity contribution in [3.8, 4) is 5.69 Å². The monoisotopic (exact) mass is 472 g/mol. The molecule has 0 atom stereocenters. The average Bonchev–Trinajstić information content (AvgIpc) is 3.44. The van der Waals surface area contributed by atoms with Crippen molar-refractivity contribution >= 4 is 49.9 Å². The van der Waals surface area contributed by atoms with Gasteiger partial charge in [-0.15, -0.1) is 11.3 Å². The lowest BCUT2D eigenvalue weighted by Crippen LogP contribution is -2.25. The number of fused-ring (bicyclic) bond motifs is 2. The molecule has 170 valence electrons. The summed E-state index contributed by atoms with van der Waals surface area (Å²) in [5, 5.41) is 10.5. The predicted octanol–water partition coefficient (Wildman–Crippen LogP) is 4.67. The Labute approximate surface area is 197 Å². The number of para-hydroxylation sites is 1. The second-order valence-electron chi connectivity index (χ2n) is 7.68. The summed E-state index contributed by atoms with van der Waals surface area (Å²) in [5.74, 6) is -1.00. The minimum Gasteiger partial charge on any atom is -0.461 e. The van der Waals surface area contributed by atoms with Gasteiger partial charge >= 0.3 is 5.97 Å². The number of hydrogen-bond donors (Lipinski definition) is 2. The molecule has 5 aromatic rings. The molecular formula is C25H20N4O4S. The number of benzene rings is 2. The third-order valence-corrected chi connectivity index (χ3v) is 6.32. The van der Waals surface area contributed by atoms with Crippen LogP contribution in [0.15, 0.2) is 64.9 Å². The molecule has 0 fully saturated rings. The van der Waals surface area contributed by atoms with E-state index in [1.807, 2.05) is 37.3 Å². The van der Waals surface area contributed by atoms with E-state index in [0.717, 1.165) is 27.8 Å². The Bertz CT molecular complexity index is 1630. The van der Waals surface area contributed by atoms with E-state index in [-0.39, 0.29) is 23.6 Å². The highest BCUT2D eigenvalue weighted by atomic mass is 32.1. The van der Waals surface area contributed by atoms with E-state index >= 15 is 0 Å². The van der Waals surface area contributed by atoms with Crippen LogP contribution < -0.4 is 10.9 Å². The molecule has 0 saturated carbocycles. The molecule has 3 heterocycles. The Morgan fingerprint density at radius 3 is 2.76 bits per heavy atom. The summed E-state index contributed by atoms with van der Waals surface area (Å²) in [5.41, 5.74) is 2.31. The number of nitrogens with one attached hydrogen (secondary N) is 2. The summed E-state index contributed by atoms with van der Waals surface area (Å²) >= 11 is 1.16. The number of esters is 1. The van der Waals surface area contributed by atoms with E-state index in [4.69, 9.17) is 4.74 Å². The Morgan fingerprint density at radius 1 is 1.15 bits per heavy atom. The van der Waals surface area contributed by atoms with Gasteiger partial charge in [0, 0.05) is 27.9 Å². The van der Waals surface area contributed by atoms with Gasteiger partial charge in [-0.25, -0.2) is 4.79 Å². The van der Waals surface area contributed by atoms with Crippen LogP contribution in [-0.4, -0.2) is 33.2 Å². The maximum Gasteiger partial charge on any atom is 0.359 e. The predicted molar refractivity (Wildman–Crippen MR) is 132 cm³/mol. The van der Waals surface area contributed by atoms with Gasteiger partial charge in [0.1, 0.15) is 5.00 Å². The maximum atomic E-state index is 13.5. The van der Waals surface area contributed by atoms with E-state index in [1.54, 1.807) is 36.7 Å². The van der Waals surface area contributed by atoms with Gasteiger partial charge in [0.05, 0.1) is 23.2 Å². The van der Waals surface area contributed by atoms with Gasteiger partial charge < -0.3 is 15.0 Å². The zero-order valence-corrected chi connectivity index (χ0v) is 19.2. The van der Waals surface area contributed by atoms with Crippen LogP contribution in [-0.2, 0) is 4.74 Å². The van der Waals surface area contributed by atoms with E-state index in [1.165, 1.54) is 4.68 Å². The second-order valence-corrected chi connectivity index (χ2v) is 8.56. The Morgan fingerprint density at radius 2 is 1.97 bits per heavy atom. The van der Waals surface area contributed by atoms with Gasteiger partial charge in [-0.05, 0) is 37.6 Å². The lowest BCUT2D eigenvalue weighted by Gasteiger charge is -2.10. The maximum absolute atomic E-state index is 13.5. The summed E-state index contributed by atoms with van der Waals surface area (Å²) in [6.07, 6.45) is 1.63. The fourth-order valence-corrected chi connectivity index (χ4v) is 4.79. The summed E-state index contributed by atoms with van der Waals surface area (Å²) in [6.45, 7) is 3.77. The van der Waals surface area contributed by atoms with E-state index in [0.29, 0.717) is 21.6 Å². The first kappa shape index (κ1) is 21.6. The molecule has 2 N–H and O–H groups in total. The number of nitrogens with zero attached hydrogens (tertiary/aromatic N) is 2. The first-order chi connectivity index (χ1) is 16.5. The summed E-state index contributed by atoms with van der Waals surface area (Å²) < 4.78 is 6.36. The highest BCUT2D eigenvalue weighted by Gasteiger charge is 2.24. The average molecular weight is 473 g/mol. The lowest BCUT2D eigenvalue weighted by atomic mass is 10.1. The molecule has 34 heavy (non-hydrogen) atoms. The van der Waals surface area contributed by atoms with Crippen molar-refractivity contribution in [2.45, 2.75) is 13.8 Å². The number of aromatic amines is 1. The smallest absolute Gasteiger partial charge is 0.359 e. The zero-order chi connectivity index (χ0) is 23.8. The Kier molecular flexibility index (Phi) is 5.46. The Balaban J connectivity index is 1.66. The molecule has 8 nitrogen and oxygen atoms in total. The molecular weight excluding hydrogens is 452 g/mol. The van der Waals surface area contributed by atoms with Crippen LogP contribution in [0.25, 0.3) is 27.4 Å². The van der Waals surface area contributed by atoms with Crippen molar-refractivity contribution in [1.82, 2.24) is 14.8 Å². The number of amides is 1. The number of aryl methyl sites for hydroxylation is 1. The van der Waals surface area contributed by atoms with Crippen LogP contribution in [0.1, 0.15) is 33.3 Å². The third-order valence-electron chi connectivity index (χ3n) is 5.43. The van der Waals surface area contributed by atoms with E-state index in [9.17, 15) is 14.4 Å². The summed E-state index contributed by atoms with van der Waals surface area (Å²) in [6, 6.07) is 14.7. The molecule has 0 aliphatic heterocycles. The van der Waals surface area contributed by atoms with Crippen molar-refractivity contribution in [1.29, 1.82) is 0 Å². The van der Waals surface area contributed by atoms with Gasteiger partial charge in [-0.2, -0.15) is 9.78 Å². The van der Waals surface area contributed by atoms with Crippen LogP contribution >= 0.6 is 11.3 Å². The topological polar surface area (TPSA) is 106 Å². The molecule has 0 radical (unpaired) electrons. The minimum absolute atomic E-state index is 0.0156. The minimum atomic E-state index is -0.638. The van der Waals surface area contributed by atoms with Crippen molar-refractivity contribution in [3.05, 3.63) is 87.3 Å². The van der Waals surface area contributed by atoms with Gasteiger partial charge in [-0.3, -0.25) is 9.59 Å². The first-order valence-corrected chi connectivity index (χ1v) is 11.5. The van der Waals surface area contributed by atoms with Crippen LogP contribution in [0.5, 0.6) is 0 Å². The molecule has 1 amide bonds. The summed E-state index contributed by atoms with van der Waals surface area (Å²) in [7, 11) is 0. The molecule has 9 heteroatoms. The second kappa shape index (κ2) is 8.60. The van der Waals surface area contributed by atoms with Gasteiger partial charge in [0.15, 0.2) is 5.69 Å². The molecule has 0 unspecified atom stereocenters. The number of carbonyl (C=O) groups is 2. The van der Waals surface area contributed by atoms with Crippen LogP contribution in [0, 0.1) is 6.92 Å². The molecule has 0 aliphatic rings. The number of carbonyl (C=O) groups excluding carboxylic acids is 2. The van der Waals surface area contributed by atoms with E-state index < -0.39 is 11.5 Å². The van der Waals surface area contributed by atoms with Gasteiger partial charge in [0.25, 0.3) is 11.5 Å². The molecule has 0 spiro atoms. The fourth-order valence-electron chi connectivity index (χ4n) is 3.86. The molecule has 3 aromatic heterocycles. The van der Waals surface area contributed by atoms with E-state index in [2.05, 4.69) is 15.4 Å². The SMILES string of the molecule is CCOC(=O)c1nn(-c2cccc(C)c2)c(=O)c2c(NC(=O)c3c[nH]c4ccccc34)scc12. The van der Waals surface area contributed by atoms with Crippen molar-refractivity contribution in [2.24, 2.45) is 0 Å². The number of rotatable bonds is 5. The van der Waals surface area contributed by atoms with Crippen LogP contribution in [0.3, 0.4) is 0 Å². The van der Waals surface area contributed by atoms with Crippen molar-refractivity contribution in [3.63, 3.8) is 0 Å². The highest BCUT2D eigenvalue weighted by Crippen LogP contribution is 2.31. The standard InChI is InChI=1S/C25H20N4O4S/c1-3-33-25(32)21-18-13-34-23(27-22(30)17-12-26-19-10-5-4-9-16(17)19)20(18)24(31)29(28-21)15-8-6-7-14(2)11-15/h4-13,26H,3H2,1-2H3,(H,27,30). The third kappa shape index (κ3) is 3.65. The lowest BCUT2D eigenvalue weighted by molar-refractivity contribution is 0.0520. The number of thiophene rings is 1. The molecule has 0 saturated heterocycles. The number of aromatic nitrogens is 3. The highest BCUT2D eigenvalue weighted by molar-refractivity contribution is 7.16. The number of H-pyrrole nitrogens is 1. The summed E-state index contributed by atoms with van der Waals surface area (Å²) in [4.78, 5) is 42.4. The number of ether oxygens (including phenoxy) is 1.